The first-order valence-electron chi connectivity index (χ1n) is 8.79. The van der Waals surface area contributed by atoms with Gasteiger partial charge in [-0.05, 0) is 67.5 Å². The van der Waals surface area contributed by atoms with Crippen LogP contribution in [-0.4, -0.2) is 31.4 Å². The van der Waals surface area contributed by atoms with Crippen LogP contribution in [0.15, 0.2) is 46.9 Å². The maximum absolute atomic E-state index is 5.46. The smallest absolute Gasteiger partial charge is 0.171 e. The van der Waals surface area contributed by atoms with Crippen LogP contribution in [0, 0.1) is 6.92 Å². The highest BCUT2D eigenvalue weighted by molar-refractivity contribution is 9.10. The lowest BCUT2D eigenvalue weighted by Crippen LogP contribution is -2.36. The first-order valence-corrected chi connectivity index (χ1v) is 9.99. The van der Waals surface area contributed by atoms with Crippen LogP contribution in [-0.2, 0) is 4.74 Å². The molecule has 2 aromatic carbocycles. The van der Waals surface area contributed by atoms with E-state index in [1.165, 1.54) is 16.8 Å². The summed E-state index contributed by atoms with van der Waals surface area (Å²) in [6, 6.07) is 14.9. The quantitative estimate of drug-likeness (QED) is 0.686. The molecule has 2 N–H and O–H groups in total. The molecule has 6 heteroatoms. The van der Waals surface area contributed by atoms with E-state index in [-0.39, 0.29) is 6.04 Å². The predicted octanol–water partition coefficient (Wildman–Crippen LogP) is 4.64. The second kappa shape index (κ2) is 8.84. The van der Waals surface area contributed by atoms with E-state index >= 15 is 0 Å². The molecule has 1 aliphatic rings. The van der Waals surface area contributed by atoms with Crippen LogP contribution >= 0.6 is 28.1 Å². The molecule has 3 rings (SSSR count). The molecule has 1 fully saturated rings. The van der Waals surface area contributed by atoms with Gasteiger partial charge in [0.05, 0.1) is 19.3 Å². The van der Waals surface area contributed by atoms with E-state index in [0.29, 0.717) is 5.11 Å². The second-order valence-electron chi connectivity index (χ2n) is 6.48. The number of halogens is 1. The van der Waals surface area contributed by atoms with E-state index in [9.17, 15) is 0 Å². The fourth-order valence-corrected chi connectivity index (χ4v) is 3.51. The third kappa shape index (κ3) is 4.96. The number of ether oxygens (including phenoxy) is 1. The Kier molecular flexibility index (Phi) is 6.51. The Bertz CT molecular complexity index is 760. The third-order valence-corrected chi connectivity index (χ3v) is 5.64. The zero-order valence-electron chi connectivity index (χ0n) is 15.1. The number of nitrogens with zero attached hydrogens (tertiary/aromatic N) is 1. The molecule has 1 atom stereocenters. The Labute approximate surface area is 169 Å². The molecule has 0 amide bonds. The molecule has 0 saturated carbocycles. The van der Waals surface area contributed by atoms with E-state index in [2.05, 4.69) is 75.6 Å². The summed E-state index contributed by atoms with van der Waals surface area (Å²) in [5.74, 6) is 0. The minimum Gasteiger partial charge on any atom is -0.378 e. The molecule has 0 spiro atoms. The molecule has 1 aliphatic heterocycles. The van der Waals surface area contributed by atoms with Gasteiger partial charge in [0.1, 0.15) is 0 Å². The fourth-order valence-electron chi connectivity index (χ4n) is 2.96. The van der Waals surface area contributed by atoms with Gasteiger partial charge < -0.3 is 20.3 Å². The number of hydrogen-bond acceptors (Lipinski definition) is 3. The van der Waals surface area contributed by atoms with Crippen molar-refractivity contribution in [3.8, 4) is 0 Å². The summed E-state index contributed by atoms with van der Waals surface area (Å²) in [6.45, 7) is 7.68. The van der Waals surface area contributed by atoms with Crippen LogP contribution in [0.2, 0.25) is 0 Å². The predicted molar refractivity (Wildman–Crippen MR) is 116 cm³/mol. The van der Waals surface area contributed by atoms with Gasteiger partial charge in [0.15, 0.2) is 5.11 Å². The van der Waals surface area contributed by atoms with Gasteiger partial charge in [-0.15, -0.1) is 0 Å². The average molecular weight is 434 g/mol. The van der Waals surface area contributed by atoms with Crippen LogP contribution in [0.3, 0.4) is 0 Å². The highest BCUT2D eigenvalue weighted by atomic mass is 79.9. The first-order chi connectivity index (χ1) is 12.5. The van der Waals surface area contributed by atoms with Crippen LogP contribution in [0.1, 0.15) is 24.1 Å². The topological polar surface area (TPSA) is 36.5 Å². The highest BCUT2D eigenvalue weighted by Crippen LogP contribution is 2.22. The zero-order valence-corrected chi connectivity index (χ0v) is 17.5. The summed E-state index contributed by atoms with van der Waals surface area (Å²) in [7, 11) is 0. The van der Waals surface area contributed by atoms with Crippen molar-refractivity contribution in [3.63, 3.8) is 0 Å². The van der Waals surface area contributed by atoms with Crippen molar-refractivity contribution in [2.24, 2.45) is 0 Å². The molecule has 26 heavy (non-hydrogen) atoms. The Hall–Kier alpha value is -1.63. The molecule has 1 heterocycles. The number of nitrogens with one attached hydrogen (secondary N) is 2. The molecule has 0 aliphatic carbocycles. The maximum Gasteiger partial charge on any atom is 0.171 e. The molecule has 0 radical (unpaired) electrons. The van der Waals surface area contributed by atoms with Crippen molar-refractivity contribution in [2.45, 2.75) is 19.9 Å². The highest BCUT2D eigenvalue weighted by Gasteiger charge is 2.12. The molecule has 4 nitrogen and oxygen atoms in total. The molecule has 0 unspecified atom stereocenters. The largest absolute Gasteiger partial charge is 0.378 e. The molecule has 0 bridgehead atoms. The van der Waals surface area contributed by atoms with E-state index < -0.39 is 0 Å². The molecule has 138 valence electrons. The number of anilines is 2. The average Bonchev–Trinajstić information content (AvgIpc) is 2.65. The lowest BCUT2D eigenvalue weighted by Gasteiger charge is -2.29. The Morgan fingerprint density at radius 2 is 1.85 bits per heavy atom. The van der Waals surface area contributed by atoms with Crippen molar-refractivity contribution in [3.05, 3.63) is 58.1 Å². The van der Waals surface area contributed by atoms with Gasteiger partial charge in [0, 0.05) is 28.9 Å². The van der Waals surface area contributed by atoms with Crippen molar-refractivity contribution < 1.29 is 4.74 Å². The van der Waals surface area contributed by atoms with Crippen LogP contribution < -0.4 is 15.5 Å². The van der Waals surface area contributed by atoms with E-state index in [0.717, 1.165) is 36.5 Å². The number of rotatable bonds is 4. The van der Waals surface area contributed by atoms with Crippen molar-refractivity contribution in [1.29, 1.82) is 0 Å². The van der Waals surface area contributed by atoms with Crippen molar-refractivity contribution >= 4 is 44.6 Å². The lowest BCUT2D eigenvalue weighted by molar-refractivity contribution is 0.122. The van der Waals surface area contributed by atoms with E-state index in [4.69, 9.17) is 17.0 Å². The number of hydrogen-bond donors (Lipinski definition) is 2. The number of morpholine rings is 1. The van der Waals surface area contributed by atoms with Gasteiger partial charge in [-0.2, -0.15) is 0 Å². The summed E-state index contributed by atoms with van der Waals surface area (Å²) in [5, 5.41) is 7.23. The Balaban J connectivity index is 1.57. The number of aryl methyl sites for hydroxylation is 1. The first kappa shape index (κ1) is 19.1. The minimum absolute atomic E-state index is 0.130. The van der Waals surface area contributed by atoms with E-state index in [1.807, 2.05) is 12.1 Å². The van der Waals surface area contributed by atoms with Gasteiger partial charge in [-0.25, -0.2) is 0 Å². The minimum atomic E-state index is 0.130. The van der Waals surface area contributed by atoms with Gasteiger partial charge in [0.25, 0.3) is 0 Å². The van der Waals surface area contributed by atoms with Gasteiger partial charge in [-0.1, -0.05) is 28.1 Å². The molecule has 0 aromatic heterocycles. The summed E-state index contributed by atoms with van der Waals surface area (Å²) in [5.41, 5.74) is 4.61. The number of benzene rings is 2. The van der Waals surface area contributed by atoms with Crippen LogP contribution in [0.25, 0.3) is 0 Å². The van der Waals surface area contributed by atoms with Gasteiger partial charge in [0.2, 0.25) is 0 Å². The maximum atomic E-state index is 5.46. The molecular formula is C20H24BrN3OS. The SMILES string of the molecule is Cc1cc(NC(=S)N[C@H](C)c2ccc(N3CCOCC3)cc2)ccc1Br. The van der Waals surface area contributed by atoms with E-state index in [1.54, 1.807) is 0 Å². The monoisotopic (exact) mass is 433 g/mol. The van der Waals surface area contributed by atoms with Crippen molar-refractivity contribution in [1.82, 2.24) is 5.32 Å². The van der Waals surface area contributed by atoms with Crippen LogP contribution in [0.5, 0.6) is 0 Å². The fraction of sp³-hybridized carbons (Fsp3) is 0.350. The lowest BCUT2D eigenvalue weighted by atomic mass is 10.1. The van der Waals surface area contributed by atoms with Crippen molar-refractivity contribution in [2.75, 3.05) is 36.5 Å². The zero-order chi connectivity index (χ0) is 18.5. The normalized spacial score (nSPS) is 15.4. The van der Waals surface area contributed by atoms with Gasteiger partial charge in [-0.3, -0.25) is 0 Å². The third-order valence-electron chi connectivity index (χ3n) is 4.53. The second-order valence-corrected chi connectivity index (χ2v) is 7.74. The Morgan fingerprint density at radius 1 is 1.15 bits per heavy atom. The molecule has 1 saturated heterocycles. The molecular weight excluding hydrogens is 410 g/mol. The summed E-state index contributed by atoms with van der Waals surface area (Å²) >= 11 is 8.97. The standard InChI is InChI=1S/C20H24BrN3OS/c1-14-13-17(5-8-19(14)21)23-20(26)22-15(2)16-3-6-18(7-4-16)24-9-11-25-12-10-24/h3-8,13,15H,9-12H2,1-2H3,(H2,22,23,26)/t15-/m1/s1. The Morgan fingerprint density at radius 3 is 2.50 bits per heavy atom. The van der Waals surface area contributed by atoms with Crippen LogP contribution in [0.4, 0.5) is 11.4 Å². The van der Waals surface area contributed by atoms with Gasteiger partial charge >= 0.3 is 0 Å². The summed E-state index contributed by atoms with van der Waals surface area (Å²) in [6.07, 6.45) is 0. The number of thiocarbonyl (C=S) groups is 1. The summed E-state index contributed by atoms with van der Waals surface area (Å²) in [4.78, 5) is 2.35. The summed E-state index contributed by atoms with van der Waals surface area (Å²) < 4.78 is 6.51. The molecule has 2 aromatic rings.